The Balaban J connectivity index is 1.93. The number of carbonyl (C=O) groups is 1. The van der Waals surface area contributed by atoms with Crippen molar-refractivity contribution in [2.75, 3.05) is 0 Å². The highest BCUT2D eigenvalue weighted by molar-refractivity contribution is 6.04. The maximum Gasteiger partial charge on any atom is 0.271 e. The van der Waals surface area contributed by atoms with Crippen molar-refractivity contribution in [1.82, 2.24) is 20.3 Å². The van der Waals surface area contributed by atoms with Crippen LogP contribution in [0.3, 0.4) is 0 Å². The number of fused-ring (bicyclic) bond motifs is 1. The van der Waals surface area contributed by atoms with E-state index in [0.29, 0.717) is 11.5 Å². The number of para-hydroxylation sites is 1. The van der Waals surface area contributed by atoms with Crippen LogP contribution < -0.4 is 5.32 Å². The van der Waals surface area contributed by atoms with Crippen molar-refractivity contribution in [3.05, 3.63) is 65.9 Å². The first-order valence-corrected chi connectivity index (χ1v) is 7.10. The maximum atomic E-state index is 12.6. The molecular formula is C17H16N4O. The second kappa shape index (κ2) is 5.89. The summed E-state index contributed by atoms with van der Waals surface area (Å²) in [6.07, 6.45) is 1.71. The molecule has 1 N–H and O–H groups in total. The number of hydrogen-bond donors (Lipinski definition) is 1. The van der Waals surface area contributed by atoms with Crippen molar-refractivity contribution in [2.24, 2.45) is 0 Å². The van der Waals surface area contributed by atoms with Gasteiger partial charge in [0, 0.05) is 11.6 Å². The molecule has 2 heterocycles. The Morgan fingerprint density at radius 3 is 2.64 bits per heavy atom. The fraction of sp³-hybridized carbons (Fsp3) is 0.176. The predicted octanol–water partition coefficient (Wildman–Crippen LogP) is 2.82. The van der Waals surface area contributed by atoms with Crippen molar-refractivity contribution in [1.29, 1.82) is 0 Å². The van der Waals surface area contributed by atoms with Gasteiger partial charge in [-0.25, -0.2) is 9.97 Å². The number of rotatable bonds is 3. The molecule has 0 fully saturated rings. The van der Waals surface area contributed by atoms with Crippen LogP contribution >= 0.6 is 0 Å². The lowest BCUT2D eigenvalue weighted by atomic mass is 10.1. The van der Waals surface area contributed by atoms with Crippen LogP contribution in [-0.2, 0) is 0 Å². The molecule has 0 saturated heterocycles. The van der Waals surface area contributed by atoms with E-state index >= 15 is 0 Å². The molecule has 0 spiro atoms. The Morgan fingerprint density at radius 1 is 1.09 bits per heavy atom. The molecule has 2 aromatic heterocycles. The number of amides is 1. The summed E-state index contributed by atoms with van der Waals surface area (Å²) < 4.78 is 0. The summed E-state index contributed by atoms with van der Waals surface area (Å²) in [4.78, 5) is 25.5. The van der Waals surface area contributed by atoms with Crippen molar-refractivity contribution in [2.45, 2.75) is 19.9 Å². The Labute approximate surface area is 128 Å². The third-order valence-corrected chi connectivity index (χ3v) is 3.41. The third kappa shape index (κ3) is 2.79. The first kappa shape index (κ1) is 14.1. The first-order chi connectivity index (χ1) is 10.6. The number of pyridine rings is 1. The highest BCUT2D eigenvalue weighted by Crippen LogP contribution is 2.17. The average molecular weight is 292 g/mol. The molecule has 110 valence electrons. The van der Waals surface area contributed by atoms with Gasteiger partial charge in [0.05, 0.1) is 17.3 Å². The second-order valence-corrected chi connectivity index (χ2v) is 5.09. The third-order valence-electron chi connectivity index (χ3n) is 3.41. The van der Waals surface area contributed by atoms with Gasteiger partial charge >= 0.3 is 0 Å². The number of nitrogens with one attached hydrogen (secondary N) is 1. The number of hydrogen-bond acceptors (Lipinski definition) is 4. The molecule has 0 radical (unpaired) electrons. The molecule has 1 aromatic carbocycles. The molecule has 5 heteroatoms. The van der Waals surface area contributed by atoms with Crippen LogP contribution in [-0.4, -0.2) is 20.9 Å². The van der Waals surface area contributed by atoms with Gasteiger partial charge in [0.2, 0.25) is 0 Å². The Morgan fingerprint density at radius 2 is 1.86 bits per heavy atom. The molecule has 1 atom stereocenters. The molecule has 0 aliphatic carbocycles. The first-order valence-electron chi connectivity index (χ1n) is 7.10. The fourth-order valence-corrected chi connectivity index (χ4v) is 2.34. The van der Waals surface area contributed by atoms with Crippen LogP contribution in [0.25, 0.3) is 10.9 Å². The van der Waals surface area contributed by atoms with Gasteiger partial charge in [-0.15, -0.1) is 0 Å². The zero-order valence-corrected chi connectivity index (χ0v) is 12.4. The molecule has 0 saturated carbocycles. The van der Waals surface area contributed by atoms with Crippen molar-refractivity contribution >= 4 is 16.8 Å². The molecule has 1 amide bonds. The van der Waals surface area contributed by atoms with E-state index < -0.39 is 0 Å². The molecule has 5 nitrogen and oxygen atoms in total. The number of benzene rings is 1. The average Bonchev–Trinajstić information content (AvgIpc) is 2.54. The normalized spacial score (nSPS) is 12.1. The van der Waals surface area contributed by atoms with E-state index in [1.807, 2.05) is 49.4 Å². The van der Waals surface area contributed by atoms with E-state index in [-0.39, 0.29) is 11.9 Å². The van der Waals surface area contributed by atoms with E-state index in [0.717, 1.165) is 16.6 Å². The SMILES string of the molecule is Cc1nc(C(=O)NC(C)c2ccccn2)c2ccccc2n1. The molecule has 0 aliphatic heterocycles. The molecule has 1 unspecified atom stereocenters. The maximum absolute atomic E-state index is 12.6. The van der Waals surface area contributed by atoms with Crippen molar-refractivity contribution in [3.63, 3.8) is 0 Å². The zero-order chi connectivity index (χ0) is 15.5. The summed E-state index contributed by atoms with van der Waals surface area (Å²) in [5, 5.41) is 3.69. The standard InChI is InChI=1S/C17H16N4O/c1-11(14-8-5-6-10-18-14)19-17(22)16-13-7-3-4-9-15(13)20-12(2)21-16/h3-11H,1-2H3,(H,19,22). The van der Waals surface area contributed by atoms with Crippen molar-refractivity contribution < 1.29 is 4.79 Å². The lowest BCUT2D eigenvalue weighted by Gasteiger charge is -2.14. The number of aromatic nitrogens is 3. The highest BCUT2D eigenvalue weighted by Gasteiger charge is 2.17. The smallest absolute Gasteiger partial charge is 0.271 e. The van der Waals surface area contributed by atoms with E-state index in [1.165, 1.54) is 0 Å². The van der Waals surface area contributed by atoms with Gasteiger partial charge in [-0.3, -0.25) is 9.78 Å². The predicted molar refractivity (Wildman–Crippen MR) is 84.4 cm³/mol. The van der Waals surface area contributed by atoms with Gasteiger partial charge in [-0.05, 0) is 32.0 Å². The van der Waals surface area contributed by atoms with Crippen LogP contribution in [0.5, 0.6) is 0 Å². The minimum absolute atomic E-state index is 0.192. The van der Waals surface area contributed by atoms with Crippen LogP contribution in [0.1, 0.15) is 35.0 Å². The quantitative estimate of drug-likeness (QED) is 0.806. The van der Waals surface area contributed by atoms with Gasteiger partial charge in [-0.1, -0.05) is 24.3 Å². The summed E-state index contributed by atoms with van der Waals surface area (Å²) in [5.74, 6) is 0.356. The monoisotopic (exact) mass is 292 g/mol. The largest absolute Gasteiger partial charge is 0.343 e. The van der Waals surface area contributed by atoms with Crippen LogP contribution in [0.15, 0.2) is 48.7 Å². The Hall–Kier alpha value is -2.82. The van der Waals surface area contributed by atoms with Gasteiger partial charge in [0.1, 0.15) is 11.5 Å². The number of carbonyl (C=O) groups excluding carboxylic acids is 1. The molecule has 3 aromatic rings. The highest BCUT2D eigenvalue weighted by atomic mass is 16.1. The lowest BCUT2D eigenvalue weighted by Crippen LogP contribution is -2.28. The van der Waals surface area contributed by atoms with E-state index in [9.17, 15) is 4.79 Å². The van der Waals surface area contributed by atoms with E-state index in [2.05, 4.69) is 20.3 Å². The van der Waals surface area contributed by atoms with Gasteiger partial charge in [0.15, 0.2) is 0 Å². The summed E-state index contributed by atoms with van der Waals surface area (Å²) in [5.41, 5.74) is 1.97. The topological polar surface area (TPSA) is 67.8 Å². The van der Waals surface area contributed by atoms with E-state index in [1.54, 1.807) is 13.1 Å². The van der Waals surface area contributed by atoms with Gasteiger partial charge in [0.25, 0.3) is 5.91 Å². The van der Waals surface area contributed by atoms with Gasteiger partial charge in [-0.2, -0.15) is 0 Å². The zero-order valence-electron chi connectivity index (χ0n) is 12.4. The summed E-state index contributed by atoms with van der Waals surface area (Å²) >= 11 is 0. The van der Waals surface area contributed by atoms with Crippen molar-refractivity contribution in [3.8, 4) is 0 Å². The molecule has 22 heavy (non-hydrogen) atoms. The minimum Gasteiger partial charge on any atom is -0.343 e. The molecule has 3 rings (SSSR count). The Bertz CT molecular complexity index is 817. The molecule has 0 bridgehead atoms. The minimum atomic E-state index is -0.222. The van der Waals surface area contributed by atoms with E-state index in [4.69, 9.17) is 0 Å². The summed E-state index contributed by atoms with van der Waals surface area (Å²) in [7, 11) is 0. The Kier molecular flexibility index (Phi) is 3.78. The van der Waals surface area contributed by atoms with Crippen LogP contribution in [0.4, 0.5) is 0 Å². The van der Waals surface area contributed by atoms with Gasteiger partial charge < -0.3 is 5.32 Å². The number of nitrogens with zero attached hydrogens (tertiary/aromatic N) is 3. The summed E-state index contributed by atoms with van der Waals surface area (Å²) in [6, 6.07) is 12.9. The second-order valence-electron chi connectivity index (χ2n) is 5.09. The fourth-order valence-electron chi connectivity index (χ4n) is 2.34. The molecule has 0 aliphatic rings. The van der Waals surface area contributed by atoms with Crippen LogP contribution in [0.2, 0.25) is 0 Å². The number of aryl methyl sites for hydroxylation is 1. The molecular weight excluding hydrogens is 276 g/mol. The van der Waals surface area contributed by atoms with Crippen LogP contribution in [0, 0.1) is 6.92 Å². The summed E-state index contributed by atoms with van der Waals surface area (Å²) in [6.45, 7) is 3.68. The lowest BCUT2D eigenvalue weighted by molar-refractivity contribution is 0.0935.